The Morgan fingerprint density at radius 3 is 2.57 bits per heavy atom. The Balaban J connectivity index is 1.06. The maximum absolute atomic E-state index is 15.3. The Hall–Kier alpha value is -5.10. The van der Waals surface area contributed by atoms with E-state index >= 15 is 4.39 Å². The van der Waals surface area contributed by atoms with Gasteiger partial charge < -0.3 is 24.4 Å². The number of nitrogens with one attached hydrogen (secondary N) is 2. The number of likely N-dealkylation sites (tertiary alicyclic amines) is 1. The quantitative estimate of drug-likeness (QED) is 0.206. The average Bonchev–Trinajstić information content (AvgIpc) is 3.80. The number of esters is 1. The number of hydrogen-bond donors (Lipinski definition) is 2. The first kappa shape index (κ1) is 36.3. The van der Waals surface area contributed by atoms with Gasteiger partial charge in [0.1, 0.15) is 11.6 Å². The van der Waals surface area contributed by atoms with Gasteiger partial charge in [0, 0.05) is 75.3 Å². The van der Waals surface area contributed by atoms with Gasteiger partial charge >= 0.3 is 5.97 Å². The number of carbonyl (C=O) groups excluding carboxylic acids is 3. The summed E-state index contributed by atoms with van der Waals surface area (Å²) in [7, 11) is 0. The van der Waals surface area contributed by atoms with Crippen LogP contribution in [0.1, 0.15) is 59.9 Å². The van der Waals surface area contributed by atoms with E-state index in [0.29, 0.717) is 44.9 Å². The highest BCUT2D eigenvalue weighted by molar-refractivity contribution is 5.93. The highest BCUT2D eigenvalue weighted by atomic mass is 19.1. The van der Waals surface area contributed by atoms with Gasteiger partial charge in [-0.05, 0) is 73.1 Å². The summed E-state index contributed by atoms with van der Waals surface area (Å²) in [6.45, 7) is 7.01. The minimum absolute atomic E-state index is 0.0608. The maximum Gasteiger partial charge on any atom is 0.309 e. The van der Waals surface area contributed by atoms with Gasteiger partial charge in [0.15, 0.2) is 0 Å². The van der Waals surface area contributed by atoms with Crippen molar-refractivity contribution in [3.8, 4) is 0 Å². The van der Waals surface area contributed by atoms with Crippen LogP contribution in [0.15, 0.2) is 73.1 Å². The maximum atomic E-state index is 15.3. The molecule has 0 saturated carbocycles. The molecule has 278 valence electrons. The normalized spacial score (nSPS) is 20.3. The monoisotopic (exact) mass is 724 g/mol. The van der Waals surface area contributed by atoms with Crippen LogP contribution < -0.4 is 15.5 Å². The number of rotatable bonds is 10. The van der Waals surface area contributed by atoms with Crippen LogP contribution >= 0.6 is 0 Å². The minimum atomic E-state index is -0.792. The van der Waals surface area contributed by atoms with Crippen LogP contribution in [0.3, 0.4) is 0 Å². The van der Waals surface area contributed by atoms with Crippen LogP contribution in [0.5, 0.6) is 0 Å². The van der Waals surface area contributed by atoms with E-state index in [9.17, 15) is 18.8 Å². The zero-order chi connectivity index (χ0) is 37.1. The largest absolute Gasteiger partial charge is 0.466 e. The van der Waals surface area contributed by atoms with E-state index < -0.39 is 29.4 Å². The first-order valence-corrected chi connectivity index (χ1v) is 18.5. The number of fused-ring (bicyclic) bond motifs is 1. The van der Waals surface area contributed by atoms with Crippen molar-refractivity contribution in [3.05, 3.63) is 113 Å². The van der Waals surface area contributed by atoms with Crippen molar-refractivity contribution in [2.24, 2.45) is 11.8 Å². The summed E-state index contributed by atoms with van der Waals surface area (Å²) in [5.74, 6) is -3.34. The number of halogens is 2. The molecule has 2 saturated heterocycles. The molecule has 3 aliphatic rings. The van der Waals surface area contributed by atoms with E-state index in [0.717, 1.165) is 36.0 Å². The third kappa shape index (κ3) is 8.12. The van der Waals surface area contributed by atoms with Crippen molar-refractivity contribution in [2.75, 3.05) is 43.0 Å². The standard InChI is InChI=1S/C41H46F2N6O4/c1-3-53-40(52)27-12-15-47(16-13-27)37-18-26(2)8-9-30(37)23-48-17-14-44-41(48)46-39(51)35-25-49(24-34(35)33-11-10-31(42)20-36(33)43)38(50)21-32-19-28-6-4-5-7-29(28)22-45-32/h4-11,14,17-18,20,27,32,34-35,45H,3,12-13,15-16,19,21-25H2,1-2H3,(H,44,46,51)/t32-,34-,35+/m0/s1. The lowest BCUT2D eigenvalue weighted by molar-refractivity contribution is -0.148. The first-order valence-electron chi connectivity index (χ1n) is 18.5. The molecule has 0 spiro atoms. The molecule has 2 amide bonds. The topological polar surface area (TPSA) is 109 Å². The third-order valence-electron chi connectivity index (χ3n) is 10.9. The Kier molecular flexibility index (Phi) is 10.9. The lowest BCUT2D eigenvalue weighted by Gasteiger charge is -2.34. The Bertz CT molecular complexity index is 1980. The summed E-state index contributed by atoms with van der Waals surface area (Å²) < 4.78 is 36.3. The number of hydrogen-bond acceptors (Lipinski definition) is 7. The van der Waals surface area contributed by atoms with Crippen LogP contribution in [-0.2, 0) is 38.6 Å². The average molecular weight is 725 g/mol. The number of aromatic nitrogens is 2. The van der Waals surface area contributed by atoms with Gasteiger partial charge in [-0.3, -0.25) is 19.7 Å². The molecule has 53 heavy (non-hydrogen) atoms. The molecule has 2 N–H and O–H groups in total. The van der Waals surface area contributed by atoms with Gasteiger partial charge in [-0.25, -0.2) is 13.8 Å². The number of ether oxygens (including phenoxy) is 1. The highest BCUT2D eigenvalue weighted by Crippen LogP contribution is 2.36. The second-order valence-corrected chi connectivity index (χ2v) is 14.4. The molecule has 0 unspecified atom stereocenters. The number of benzene rings is 3. The molecule has 10 nitrogen and oxygen atoms in total. The fourth-order valence-corrected chi connectivity index (χ4v) is 8.06. The molecule has 12 heteroatoms. The number of imidazole rings is 1. The van der Waals surface area contributed by atoms with E-state index in [2.05, 4.69) is 44.8 Å². The first-order chi connectivity index (χ1) is 25.7. The van der Waals surface area contributed by atoms with E-state index in [1.807, 2.05) is 36.6 Å². The molecule has 7 rings (SSSR count). The zero-order valence-corrected chi connectivity index (χ0v) is 30.2. The molecular formula is C41H46F2N6O4. The lowest BCUT2D eigenvalue weighted by atomic mass is 9.88. The Morgan fingerprint density at radius 1 is 1.00 bits per heavy atom. The number of piperidine rings is 1. The van der Waals surface area contributed by atoms with Crippen molar-refractivity contribution in [1.29, 1.82) is 0 Å². The molecular weight excluding hydrogens is 678 g/mol. The predicted octanol–water partition coefficient (Wildman–Crippen LogP) is 5.58. The van der Waals surface area contributed by atoms with Crippen LogP contribution in [0, 0.1) is 30.4 Å². The molecule has 0 radical (unpaired) electrons. The SMILES string of the molecule is CCOC(=O)C1CCN(c2cc(C)ccc2Cn2ccnc2NC(=O)[C@@H]2CN(C(=O)C[C@@H]3Cc4ccccc4CN3)C[C@H]2c2ccc(F)cc2F)CC1. The van der Waals surface area contributed by atoms with Crippen molar-refractivity contribution < 1.29 is 27.9 Å². The summed E-state index contributed by atoms with van der Waals surface area (Å²) in [5.41, 5.74) is 5.83. The van der Waals surface area contributed by atoms with E-state index in [-0.39, 0.29) is 48.9 Å². The molecule has 3 aromatic carbocycles. The molecule has 0 bridgehead atoms. The molecule has 2 fully saturated rings. The third-order valence-corrected chi connectivity index (χ3v) is 10.9. The number of amides is 2. The van der Waals surface area contributed by atoms with Gasteiger partial charge in [-0.2, -0.15) is 0 Å². The van der Waals surface area contributed by atoms with Gasteiger partial charge in [-0.15, -0.1) is 0 Å². The van der Waals surface area contributed by atoms with Crippen molar-refractivity contribution in [2.45, 2.75) is 64.6 Å². The van der Waals surface area contributed by atoms with Crippen molar-refractivity contribution in [1.82, 2.24) is 19.8 Å². The van der Waals surface area contributed by atoms with Gasteiger partial charge in [0.2, 0.25) is 17.8 Å². The second-order valence-electron chi connectivity index (χ2n) is 14.4. The lowest BCUT2D eigenvalue weighted by Crippen LogP contribution is -2.41. The second kappa shape index (κ2) is 15.9. The summed E-state index contributed by atoms with van der Waals surface area (Å²) in [4.78, 5) is 48.6. The number of nitrogens with zero attached hydrogens (tertiary/aromatic N) is 4. The van der Waals surface area contributed by atoms with Crippen LogP contribution in [0.2, 0.25) is 0 Å². The summed E-state index contributed by atoms with van der Waals surface area (Å²) in [6.07, 6.45) is 5.79. The smallest absolute Gasteiger partial charge is 0.309 e. The zero-order valence-electron chi connectivity index (χ0n) is 30.2. The Morgan fingerprint density at radius 2 is 1.79 bits per heavy atom. The van der Waals surface area contributed by atoms with Crippen molar-refractivity contribution in [3.63, 3.8) is 0 Å². The highest BCUT2D eigenvalue weighted by Gasteiger charge is 2.42. The van der Waals surface area contributed by atoms with Crippen LogP contribution in [0.25, 0.3) is 0 Å². The molecule has 4 aromatic rings. The summed E-state index contributed by atoms with van der Waals surface area (Å²) >= 11 is 0. The Labute approximate surface area is 308 Å². The van der Waals surface area contributed by atoms with Gasteiger partial charge in [-0.1, -0.05) is 42.5 Å². The van der Waals surface area contributed by atoms with Gasteiger partial charge in [0.05, 0.1) is 25.0 Å². The summed E-state index contributed by atoms with van der Waals surface area (Å²) in [6, 6.07) is 17.7. The minimum Gasteiger partial charge on any atom is -0.466 e. The van der Waals surface area contributed by atoms with E-state index in [4.69, 9.17) is 4.74 Å². The molecule has 1 aromatic heterocycles. The molecule has 4 heterocycles. The number of carbonyl (C=O) groups is 3. The van der Waals surface area contributed by atoms with E-state index in [1.54, 1.807) is 17.3 Å². The molecule has 0 aliphatic carbocycles. The molecule has 3 atom stereocenters. The summed E-state index contributed by atoms with van der Waals surface area (Å²) in [5, 5.41) is 6.43. The van der Waals surface area contributed by atoms with Crippen molar-refractivity contribution >= 4 is 29.4 Å². The fourth-order valence-electron chi connectivity index (χ4n) is 8.06. The number of aryl methyl sites for hydroxylation is 1. The molecule has 3 aliphatic heterocycles. The van der Waals surface area contributed by atoms with Crippen LogP contribution in [-0.4, -0.2) is 71.1 Å². The predicted molar refractivity (Wildman–Crippen MR) is 197 cm³/mol. The number of anilines is 2. The fraction of sp³-hybridized carbons (Fsp3) is 0.415. The van der Waals surface area contributed by atoms with Crippen LogP contribution in [0.4, 0.5) is 20.4 Å². The van der Waals surface area contributed by atoms with E-state index in [1.165, 1.54) is 23.3 Å². The van der Waals surface area contributed by atoms with Gasteiger partial charge in [0.25, 0.3) is 0 Å².